The van der Waals surface area contributed by atoms with Gasteiger partial charge in [0.25, 0.3) is 0 Å². The van der Waals surface area contributed by atoms with Gasteiger partial charge in [-0.15, -0.1) is 0 Å². The molecule has 0 radical (unpaired) electrons. The highest BCUT2D eigenvalue weighted by molar-refractivity contribution is 7.71. The number of amides is 1. The number of hydrogen-bond donors (Lipinski definition) is 2. The van der Waals surface area contributed by atoms with Crippen LogP contribution in [-0.2, 0) is 11.2 Å². The fourth-order valence-electron chi connectivity index (χ4n) is 3.41. The highest BCUT2D eigenvalue weighted by Gasteiger charge is 2.29. The Labute approximate surface area is 187 Å². The molecule has 1 amide bonds. The largest absolute Gasteiger partial charge is 0.441 e. The van der Waals surface area contributed by atoms with Crippen molar-refractivity contribution >= 4 is 34.6 Å². The van der Waals surface area contributed by atoms with Crippen molar-refractivity contribution in [3.05, 3.63) is 52.3 Å². The minimum absolute atomic E-state index is 0.108. The molecule has 2 N–H and O–H groups in total. The molecular weight excluding hydrogens is 432 g/mol. The standard InChI is InChI=1S/C21H20N6O2S2/c1-11-17(18-25-26-21(30)27(18)14-8-9-14)31-20(22-11)24-16(28)10-15-12(2)29-19(23-15)13-6-4-3-5-7-13/h3-7,14H,8-10H2,1-2H3,(H,26,30)(H,22,24,28). The van der Waals surface area contributed by atoms with Gasteiger partial charge in [0.2, 0.25) is 11.8 Å². The molecule has 158 valence electrons. The number of anilines is 1. The third-order valence-electron chi connectivity index (χ3n) is 5.10. The molecule has 0 spiro atoms. The number of H-pyrrole nitrogens is 1. The predicted molar refractivity (Wildman–Crippen MR) is 121 cm³/mol. The van der Waals surface area contributed by atoms with Crippen molar-refractivity contribution in [2.45, 2.75) is 39.2 Å². The predicted octanol–water partition coefficient (Wildman–Crippen LogP) is 4.85. The van der Waals surface area contributed by atoms with E-state index < -0.39 is 0 Å². The molecule has 4 aromatic rings. The first-order valence-electron chi connectivity index (χ1n) is 9.96. The van der Waals surface area contributed by atoms with Crippen molar-refractivity contribution in [1.82, 2.24) is 24.7 Å². The Hall–Kier alpha value is -3.11. The van der Waals surface area contributed by atoms with Crippen LogP contribution in [0.4, 0.5) is 5.13 Å². The number of hydrogen-bond acceptors (Lipinski definition) is 7. The molecule has 31 heavy (non-hydrogen) atoms. The lowest BCUT2D eigenvalue weighted by molar-refractivity contribution is -0.115. The molecule has 10 heteroatoms. The monoisotopic (exact) mass is 452 g/mol. The third kappa shape index (κ3) is 3.96. The van der Waals surface area contributed by atoms with E-state index in [-0.39, 0.29) is 12.3 Å². The second-order valence-corrected chi connectivity index (χ2v) is 8.89. The summed E-state index contributed by atoms with van der Waals surface area (Å²) in [6, 6.07) is 10.0. The van der Waals surface area contributed by atoms with Crippen LogP contribution in [0.25, 0.3) is 22.2 Å². The summed E-state index contributed by atoms with van der Waals surface area (Å²) in [5.41, 5.74) is 2.29. The SMILES string of the molecule is Cc1nc(NC(=O)Cc2nc(-c3ccccc3)oc2C)sc1-c1n[nH]c(=S)n1C1CC1. The Kier molecular flexibility index (Phi) is 5.03. The van der Waals surface area contributed by atoms with E-state index in [1.165, 1.54) is 11.3 Å². The van der Waals surface area contributed by atoms with Crippen LogP contribution in [0.15, 0.2) is 34.7 Å². The highest BCUT2D eigenvalue weighted by atomic mass is 32.1. The van der Waals surface area contributed by atoms with E-state index in [1.54, 1.807) is 0 Å². The van der Waals surface area contributed by atoms with Gasteiger partial charge in [-0.05, 0) is 51.0 Å². The van der Waals surface area contributed by atoms with Gasteiger partial charge in [0.1, 0.15) is 5.76 Å². The van der Waals surface area contributed by atoms with Crippen molar-refractivity contribution in [1.29, 1.82) is 0 Å². The van der Waals surface area contributed by atoms with Gasteiger partial charge in [0, 0.05) is 11.6 Å². The van der Waals surface area contributed by atoms with Crippen molar-refractivity contribution in [3.63, 3.8) is 0 Å². The summed E-state index contributed by atoms with van der Waals surface area (Å²) in [6.45, 7) is 3.72. The molecule has 8 nitrogen and oxygen atoms in total. The van der Waals surface area contributed by atoms with Crippen molar-refractivity contribution in [2.24, 2.45) is 0 Å². The molecule has 1 aliphatic rings. The normalized spacial score (nSPS) is 13.5. The first-order valence-corrected chi connectivity index (χ1v) is 11.2. The number of thiazole rings is 1. The number of aryl methyl sites for hydroxylation is 2. The summed E-state index contributed by atoms with van der Waals surface area (Å²) in [5.74, 6) is 1.72. The van der Waals surface area contributed by atoms with Gasteiger partial charge in [0.15, 0.2) is 15.7 Å². The maximum atomic E-state index is 12.7. The van der Waals surface area contributed by atoms with Crippen molar-refractivity contribution in [2.75, 3.05) is 5.32 Å². The molecule has 1 saturated carbocycles. The summed E-state index contributed by atoms with van der Waals surface area (Å²) in [5, 5.41) is 10.7. The quantitative estimate of drug-likeness (QED) is 0.406. The number of carbonyl (C=O) groups excluding carboxylic acids is 1. The van der Waals surface area contributed by atoms with E-state index >= 15 is 0 Å². The smallest absolute Gasteiger partial charge is 0.232 e. The van der Waals surface area contributed by atoms with E-state index in [9.17, 15) is 4.79 Å². The summed E-state index contributed by atoms with van der Waals surface area (Å²) in [4.78, 5) is 22.6. The lowest BCUT2D eigenvalue weighted by atomic mass is 10.2. The van der Waals surface area contributed by atoms with E-state index in [2.05, 4.69) is 25.5 Å². The zero-order chi connectivity index (χ0) is 21.5. The lowest BCUT2D eigenvalue weighted by Crippen LogP contribution is -2.15. The summed E-state index contributed by atoms with van der Waals surface area (Å²) in [6.07, 6.45) is 2.31. The topological polar surface area (TPSA) is 102 Å². The number of rotatable bonds is 6. The second kappa shape index (κ2) is 7.86. The number of carbonyl (C=O) groups is 1. The number of aromatic amines is 1. The fraction of sp³-hybridized carbons (Fsp3) is 0.286. The van der Waals surface area contributed by atoms with Gasteiger partial charge in [-0.1, -0.05) is 29.5 Å². The molecular formula is C21H20N6O2S2. The minimum Gasteiger partial charge on any atom is -0.441 e. The van der Waals surface area contributed by atoms with Crippen LogP contribution in [0, 0.1) is 18.6 Å². The average molecular weight is 453 g/mol. The molecule has 0 bridgehead atoms. The van der Waals surface area contributed by atoms with Crippen molar-refractivity contribution in [3.8, 4) is 22.2 Å². The Bertz CT molecular complexity index is 1310. The maximum absolute atomic E-state index is 12.7. The Morgan fingerprint density at radius 1 is 1.29 bits per heavy atom. The highest BCUT2D eigenvalue weighted by Crippen LogP contribution is 2.40. The van der Waals surface area contributed by atoms with Gasteiger partial charge >= 0.3 is 0 Å². The number of nitrogens with zero attached hydrogens (tertiary/aromatic N) is 4. The number of nitrogens with one attached hydrogen (secondary N) is 2. The van der Waals surface area contributed by atoms with E-state index in [4.69, 9.17) is 16.6 Å². The Morgan fingerprint density at radius 2 is 2.06 bits per heavy atom. The van der Waals surface area contributed by atoms with Crippen LogP contribution in [0.3, 0.4) is 0 Å². The summed E-state index contributed by atoms with van der Waals surface area (Å²) < 4.78 is 8.41. The molecule has 3 heterocycles. The Balaban J connectivity index is 1.33. The number of aromatic nitrogens is 5. The Morgan fingerprint density at radius 3 is 2.81 bits per heavy atom. The molecule has 0 aliphatic heterocycles. The molecule has 1 fully saturated rings. The van der Waals surface area contributed by atoms with Gasteiger partial charge in [-0.25, -0.2) is 9.97 Å². The summed E-state index contributed by atoms with van der Waals surface area (Å²) in [7, 11) is 0. The number of benzene rings is 1. The van der Waals surface area contributed by atoms with Gasteiger partial charge in [0.05, 0.1) is 22.7 Å². The van der Waals surface area contributed by atoms with Crippen LogP contribution < -0.4 is 5.32 Å². The first-order chi connectivity index (χ1) is 15.0. The minimum atomic E-state index is -0.197. The van der Waals surface area contributed by atoms with E-state index in [0.717, 1.165) is 34.8 Å². The van der Waals surface area contributed by atoms with Crippen LogP contribution in [-0.4, -0.2) is 30.6 Å². The van der Waals surface area contributed by atoms with Crippen molar-refractivity contribution < 1.29 is 9.21 Å². The van der Waals surface area contributed by atoms with Gasteiger partial charge in [-0.2, -0.15) is 5.10 Å². The lowest BCUT2D eigenvalue weighted by Gasteiger charge is -2.02. The molecule has 1 aromatic carbocycles. The van der Waals surface area contributed by atoms with Crippen LogP contribution in [0.1, 0.15) is 36.0 Å². The fourth-order valence-corrected chi connectivity index (χ4v) is 4.66. The molecule has 0 unspecified atom stereocenters. The zero-order valence-corrected chi connectivity index (χ0v) is 18.6. The van der Waals surface area contributed by atoms with Crippen LogP contribution in [0.2, 0.25) is 0 Å². The van der Waals surface area contributed by atoms with Crippen LogP contribution in [0.5, 0.6) is 0 Å². The van der Waals surface area contributed by atoms with E-state index in [0.29, 0.717) is 33.3 Å². The second-order valence-electron chi connectivity index (χ2n) is 7.50. The average Bonchev–Trinajstić information content (AvgIpc) is 3.28. The van der Waals surface area contributed by atoms with Gasteiger partial charge in [-0.3, -0.25) is 14.5 Å². The van der Waals surface area contributed by atoms with Crippen LogP contribution >= 0.6 is 23.6 Å². The maximum Gasteiger partial charge on any atom is 0.232 e. The molecule has 0 saturated heterocycles. The third-order valence-corrected chi connectivity index (χ3v) is 6.46. The molecule has 1 aliphatic carbocycles. The molecule has 3 aromatic heterocycles. The molecule has 5 rings (SSSR count). The molecule has 0 atom stereocenters. The zero-order valence-electron chi connectivity index (χ0n) is 17.0. The van der Waals surface area contributed by atoms with E-state index in [1.807, 2.05) is 48.7 Å². The van der Waals surface area contributed by atoms with Gasteiger partial charge < -0.3 is 9.73 Å². The first kappa shape index (κ1) is 19.8. The summed E-state index contributed by atoms with van der Waals surface area (Å²) >= 11 is 6.77. The number of oxazole rings is 1.